The predicted molar refractivity (Wildman–Crippen MR) is 111 cm³/mol. The average Bonchev–Trinajstić information content (AvgIpc) is 3.05. The predicted octanol–water partition coefficient (Wildman–Crippen LogP) is 3.06. The fraction of sp³-hybridized carbons (Fsp3) is 0.421. The van der Waals surface area contributed by atoms with Crippen LogP contribution in [0, 0.1) is 17.0 Å². The van der Waals surface area contributed by atoms with Gasteiger partial charge in [0.05, 0.1) is 18.1 Å². The fourth-order valence-electron chi connectivity index (χ4n) is 2.93. The molecule has 8 nitrogen and oxygen atoms in total. The van der Waals surface area contributed by atoms with E-state index >= 15 is 0 Å². The second kappa shape index (κ2) is 8.23. The number of fused-ring (bicyclic) bond motifs is 1. The summed E-state index contributed by atoms with van der Waals surface area (Å²) >= 11 is 0. The Morgan fingerprint density at radius 3 is 2.60 bits per heavy atom. The van der Waals surface area contributed by atoms with E-state index in [0.29, 0.717) is 16.6 Å². The molecule has 0 radical (unpaired) electrons. The number of pyridine rings is 1. The van der Waals surface area contributed by atoms with E-state index in [0.717, 1.165) is 12.4 Å². The summed E-state index contributed by atoms with van der Waals surface area (Å²) in [7, 11) is -3.57. The van der Waals surface area contributed by atoms with Crippen LogP contribution >= 0.6 is 0 Å². The van der Waals surface area contributed by atoms with Crippen LogP contribution in [0.25, 0.3) is 22.4 Å². The maximum atomic E-state index is 14.5. The number of halogens is 2. The van der Waals surface area contributed by atoms with Gasteiger partial charge in [-0.05, 0) is 11.5 Å². The molecule has 0 fully saturated rings. The first-order valence-corrected chi connectivity index (χ1v) is 11.0. The lowest BCUT2D eigenvalue weighted by molar-refractivity contribution is 0.357. The topological polar surface area (TPSA) is 113 Å². The Kier molecular flexibility index (Phi) is 6.04. The molecule has 3 aromatic rings. The molecule has 0 saturated heterocycles. The van der Waals surface area contributed by atoms with Crippen LogP contribution in [0.3, 0.4) is 0 Å². The van der Waals surface area contributed by atoms with Crippen molar-refractivity contribution in [3.05, 3.63) is 36.3 Å². The van der Waals surface area contributed by atoms with Crippen molar-refractivity contribution in [3.63, 3.8) is 0 Å². The van der Waals surface area contributed by atoms with Gasteiger partial charge in [0.15, 0.2) is 17.5 Å². The third kappa shape index (κ3) is 4.90. The van der Waals surface area contributed by atoms with Crippen LogP contribution in [-0.2, 0) is 10.0 Å². The van der Waals surface area contributed by atoms with E-state index in [1.165, 1.54) is 6.07 Å². The fourth-order valence-corrected chi connectivity index (χ4v) is 4.51. The number of aromatic amines is 1. The number of hydrogen-bond acceptors (Lipinski definition) is 6. The van der Waals surface area contributed by atoms with Crippen molar-refractivity contribution in [1.29, 1.82) is 0 Å². The first-order valence-electron chi connectivity index (χ1n) is 9.39. The second-order valence-corrected chi connectivity index (χ2v) is 9.84. The summed E-state index contributed by atoms with van der Waals surface area (Å²) < 4.78 is 55.1. The van der Waals surface area contributed by atoms with Gasteiger partial charge in [0.25, 0.3) is 0 Å². The van der Waals surface area contributed by atoms with Crippen LogP contribution in [0.1, 0.15) is 27.7 Å². The molecule has 0 bridgehead atoms. The number of nitrogens with zero attached hydrogens (tertiary/aromatic N) is 3. The molecule has 1 atom stereocenters. The van der Waals surface area contributed by atoms with E-state index < -0.39 is 33.1 Å². The number of H-pyrrole nitrogens is 1. The Bertz CT molecular complexity index is 1160. The van der Waals surface area contributed by atoms with Crippen LogP contribution in [0.2, 0.25) is 0 Å². The molecule has 1 unspecified atom stereocenters. The molecule has 30 heavy (non-hydrogen) atoms. The Balaban J connectivity index is 1.98. The standard InChI is InChI=1S/C19H24F2N6O2S/c1-5-25-30(28,29)10-15(19(2,3)4)26-18-14(21)9-24-17(27-18)13-8-23-16-12(13)6-11(20)7-22-16/h6-9,15,25H,5,10H2,1-4H3,(H,22,23)(H,24,26,27). The summed E-state index contributed by atoms with van der Waals surface area (Å²) in [5.74, 6) is -1.49. The van der Waals surface area contributed by atoms with E-state index in [2.05, 4.69) is 30.0 Å². The van der Waals surface area contributed by atoms with Crippen molar-refractivity contribution >= 4 is 26.9 Å². The van der Waals surface area contributed by atoms with Crippen LogP contribution < -0.4 is 10.0 Å². The molecule has 3 rings (SSSR count). The lowest BCUT2D eigenvalue weighted by Crippen LogP contribution is -2.43. The smallest absolute Gasteiger partial charge is 0.213 e. The molecule has 3 heterocycles. The van der Waals surface area contributed by atoms with Crippen LogP contribution in [-0.4, -0.2) is 46.7 Å². The van der Waals surface area contributed by atoms with Crippen LogP contribution in [0.15, 0.2) is 24.7 Å². The number of anilines is 1. The van der Waals surface area contributed by atoms with Gasteiger partial charge in [-0.15, -0.1) is 0 Å². The van der Waals surface area contributed by atoms with Crippen molar-refractivity contribution in [2.75, 3.05) is 17.6 Å². The van der Waals surface area contributed by atoms with Gasteiger partial charge in [0, 0.05) is 29.7 Å². The number of hydrogen-bond donors (Lipinski definition) is 3. The summed E-state index contributed by atoms with van der Waals surface area (Å²) in [6.07, 6.45) is 3.64. The maximum Gasteiger partial charge on any atom is 0.213 e. The largest absolute Gasteiger partial charge is 0.363 e. The van der Waals surface area contributed by atoms with Gasteiger partial charge in [0.2, 0.25) is 10.0 Å². The number of nitrogens with one attached hydrogen (secondary N) is 3. The third-order valence-electron chi connectivity index (χ3n) is 4.59. The Labute approximate surface area is 173 Å². The van der Waals surface area contributed by atoms with E-state index in [9.17, 15) is 17.2 Å². The van der Waals surface area contributed by atoms with Gasteiger partial charge in [-0.1, -0.05) is 27.7 Å². The lowest BCUT2D eigenvalue weighted by Gasteiger charge is -2.31. The molecule has 0 aliphatic carbocycles. The summed E-state index contributed by atoms with van der Waals surface area (Å²) in [4.78, 5) is 15.1. The summed E-state index contributed by atoms with van der Waals surface area (Å²) in [5, 5.41) is 3.37. The minimum atomic E-state index is -3.57. The van der Waals surface area contributed by atoms with Crippen molar-refractivity contribution in [1.82, 2.24) is 24.7 Å². The number of rotatable bonds is 7. The van der Waals surface area contributed by atoms with Gasteiger partial charge >= 0.3 is 0 Å². The lowest BCUT2D eigenvalue weighted by atomic mass is 9.88. The highest BCUT2D eigenvalue weighted by Crippen LogP contribution is 2.29. The Morgan fingerprint density at radius 2 is 1.93 bits per heavy atom. The van der Waals surface area contributed by atoms with E-state index in [1.807, 2.05) is 20.8 Å². The summed E-state index contributed by atoms with van der Waals surface area (Å²) in [6, 6.07) is 0.649. The first-order chi connectivity index (χ1) is 14.0. The SMILES string of the molecule is CCNS(=O)(=O)CC(Nc1nc(-c2c[nH]c3ncc(F)cc23)ncc1F)C(C)(C)C. The summed E-state index contributed by atoms with van der Waals surface area (Å²) in [6.45, 7) is 7.49. The monoisotopic (exact) mass is 438 g/mol. The Morgan fingerprint density at radius 1 is 1.20 bits per heavy atom. The third-order valence-corrected chi connectivity index (χ3v) is 6.09. The number of sulfonamides is 1. The average molecular weight is 439 g/mol. The minimum absolute atomic E-state index is 0.134. The van der Waals surface area contributed by atoms with Gasteiger partial charge in [0.1, 0.15) is 11.5 Å². The van der Waals surface area contributed by atoms with Crippen molar-refractivity contribution in [2.24, 2.45) is 5.41 Å². The molecule has 11 heteroatoms. The molecule has 0 aromatic carbocycles. The molecule has 3 aromatic heterocycles. The maximum absolute atomic E-state index is 14.5. The summed E-state index contributed by atoms with van der Waals surface area (Å²) in [5.41, 5.74) is 0.374. The van der Waals surface area contributed by atoms with Gasteiger partial charge in [-0.2, -0.15) is 0 Å². The van der Waals surface area contributed by atoms with E-state index in [1.54, 1.807) is 13.1 Å². The zero-order valence-corrected chi connectivity index (χ0v) is 17.9. The molecular formula is C19H24F2N6O2S. The van der Waals surface area contributed by atoms with Gasteiger partial charge < -0.3 is 10.3 Å². The quantitative estimate of drug-likeness (QED) is 0.523. The van der Waals surface area contributed by atoms with Gasteiger partial charge in [-0.3, -0.25) is 0 Å². The minimum Gasteiger partial charge on any atom is -0.363 e. The molecule has 3 N–H and O–H groups in total. The van der Waals surface area contributed by atoms with Crippen LogP contribution in [0.5, 0.6) is 0 Å². The molecule has 0 aliphatic rings. The Hall–Kier alpha value is -2.66. The zero-order chi connectivity index (χ0) is 22.1. The van der Waals surface area contributed by atoms with Crippen molar-refractivity contribution < 1.29 is 17.2 Å². The van der Waals surface area contributed by atoms with Crippen LogP contribution in [0.4, 0.5) is 14.6 Å². The first kappa shape index (κ1) is 22.0. The van der Waals surface area contributed by atoms with Crippen molar-refractivity contribution in [2.45, 2.75) is 33.7 Å². The molecule has 0 amide bonds. The second-order valence-electron chi connectivity index (χ2n) is 7.98. The van der Waals surface area contributed by atoms with Gasteiger partial charge in [-0.25, -0.2) is 36.9 Å². The zero-order valence-electron chi connectivity index (χ0n) is 17.1. The number of aromatic nitrogens is 4. The molecule has 162 valence electrons. The highest BCUT2D eigenvalue weighted by atomic mass is 32.2. The van der Waals surface area contributed by atoms with E-state index in [4.69, 9.17) is 0 Å². The van der Waals surface area contributed by atoms with Crippen molar-refractivity contribution in [3.8, 4) is 11.4 Å². The molecule has 0 saturated carbocycles. The normalized spacial score (nSPS) is 13.5. The molecule has 0 aliphatic heterocycles. The highest BCUT2D eigenvalue weighted by Gasteiger charge is 2.30. The van der Waals surface area contributed by atoms with E-state index in [-0.39, 0.29) is 23.9 Å². The highest BCUT2D eigenvalue weighted by molar-refractivity contribution is 7.89. The molecule has 0 spiro atoms. The molecular weight excluding hydrogens is 414 g/mol.